The van der Waals surface area contributed by atoms with Gasteiger partial charge in [-0.3, -0.25) is 9.13 Å². The molecule has 174 valence electrons. The van der Waals surface area contributed by atoms with Crippen molar-refractivity contribution in [3.63, 3.8) is 0 Å². The van der Waals surface area contributed by atoms with Crippen molar-refractivity contribution in [1.29, 1.82) is 0 Å². The van der Waals surface area contributed by atoms with Crippen LogP contribution in [-0.2, 0) is 6.54 Å². The molecule has 7 nitrogen and oxygen atoms in total. The van der Waals surface area contributed by atoms with Gasteiger partial charge in [-0.2, -0.15) is 0 Å². The fraction of sp³-hybridized carbons (Fsp3) is 0.462. The largest absolute Gasteiger partial charge is 0.497 e. The molecule has 1 aromatic carbocycles. The second-order valence-corrected chi connectivity index (χ2v) is 9.10. The number of H-pyrrole nitrogens is 1. The number of nitrogens with one attached hydrogen (secondary N) is 1. The van der Waals surface area contributed by atoms with Crippen molar-refractivity contribution in [2.24, 2.45) is 5.92 Å². The van der Waals surface area contributed by atoms with Crippen LogP contribution in [0.3, 0.4) is 0 Å². The molecule has 5 rings (SSSR count). The summed E-state index contributed by atoms with van der Waals surface area (Å²) in [5, 5.41) is 1.03. The minimum atomic E-state index is 0.0929. The molecule has 0 bridgehead atoms. The number of nitrogens with zero attached hydrogens (tertiary/aromatic N) is 3. The van der Waals surface area contributed by atoms with Crippen LogP contribution in [0.15, 0.2) is 47.5 Å². The first kappa shape index (κ1) is 21.6. The van der Waals surface area contributed by atoms with E-state index in [-0.39, 0.29) is 11.7 Å². The summed E-state index contributed by atoms with van der Waals surface area (Å²) in [4.78, 5) is 21.5. The van der Waals surface area contributed by atoms with Gasteiger partial charge < -0.3 is 14.5 Å². The molecule has 0 radical (unpaired) electrons. The minimum Gasteiger partial charge on any atom is -0.497 e. The zero-order chi connectivity index (χ0) is 22.8. The second-order valence-electron chi connectivity index (χ2n) is 9.10. The SMILES string of the molecule is COc1ccc(OCCCCn2c(=O)n([C@H]3CCCC[C@H]3C)c3c4cc[nH]c4ncc32)cc1. The van der Waals surface area contributed by atoms with E-state index in [0.717, 1.165) is 52.8 Å². The monoisotopic (exact) mass is 448 g/mol. The maximum Gasteiger partial charge on any atom is 0.329 e. The average Bonchev–Trinajstić information content (AvgIpc) is 3.42. The van der Waals surface area contributed by atoms with Gasteiger partial charge in [-0.15, -0.1) is 0 Å². The molecule has 3 aromatic heterocycles. The van der Waals surface area contributed by atoms with Crippen LogP contribution in [0.5, 0.6) is 11.5 Å². The van der Waals surface area contributed by atoms with Crippen molar-refractivity contribution in [1.82, 2.24) is 19.1 Å². The normalized spacial score (nSPS) is 18.7. The van der Waals surface area contributed by atoms with Crippen LogP contribution in [0.2, 0.25) is 0 Å². The van der Waals surface area contributed by atoms with Gasteiger partial charge in [-0.05, 0) is 61.9 Å². The number of hydrogen-bond acceptors (Lipinski definition) is 4. The number of hydrogen-bond donors (Lipinski definition) is 1. The number of aromatic amines is 1. The number of benzene rings is 1. The number of aryl methyl sites for hydroxylation is 1. The van der Waals surface area contributed by atoms with E-state index >= 15 is 0 Å². The van der Waals surface area contributed by atoms with Crippen LogP contribution in [0.4, 0.5) is 0 Å². The standard InChI is InChI=1S/C26H32N4O3/c1-18-7-3-4-8-22(18)30-24-21-13-14-27-25(21)28-17-23(24)29(26(30)31)15-5-6-16-33-20-11-9-19(32-2)10-12-20/h9-14,17-18,22H,3-8,15-16H2,1-2H3,(H,27,28)/t18-,22+/m1/s1. The number of rotatable bonds is 8. The van der Waals surface area contributed by atoms with Gasteiger partial charge in [0.15, 0.2) is 0 Å². The highest BCUT2D eigenvalue weighted by molar-refractivity contribution is 6.01. The molecule has 1 N–H and O–H groups in total. The van der Waals surface area contributed by atoms with E-state index < -0.39 is 0 Å². The summed E-state index contributed by atoms with van der Waals surface area (Å²) >= 11 is 0. The van der Waals surface area contributed by atoms with E-state index in [1.807, 2.05) is 47.3 Å². The molecule has 33 heavy (non-hydrogen) atoms. The lowest BCUT2D eigenvalue weighted by atomic mass is 9.85. The number of aromatic nitrogens is 4. The maximum atomic E-state index is 13.7. The molecule has 0 aliphatic heterocycles. The van der Waals surface area contributed by atoms with Crippen LogP contribution in [0.1, 0.15) is 51.5 Å². The number of ether oxygens (including phenoxy) is 2. The fourth-order valence-electron chi connectivity index (χ4n) is 5.20. The molecule has 0 amide bonds. The smallest absolute Gasteiger partial charge is 0.329 e. The summed E-state index contributed by atoms with van der Waals surface area (Å²) in [5.41, 5.74) is 2.89. The summed E-state index contributed by atoms with van der Waals surface area (Å²) in [5.74, 6) is 2.14. The third-order valence-electron chi connectivity index (χ3n) is 7.01. The molecule has 0 saturated heterocycles. The molecule has 4 aromatic rings. The Morgan fingerprint density at radius 2 is 1.88 bits per heavy atom. The summed E-state index contributed by atoms with van der Waals surface area (Å²) in [6.07, 6.45) is 10.2. The zero-order valence-electron chi connectivity index (χ0n) is 19.4. The maximum absolute atomic E-state index is 13.7. The zero-order valence-corrected chi connectivity index (χ0v) is 19.4. The minimum absolute atomic E-state index is 0.0929. The molecule has 1 saturated carbocycles. The van der Waals surface area contributed by atoms with Gasteiger partial charge in [0, 0.05) is 24.2 Å². The van der Waals surface area contributed by atoms with Gasteiger partial charge in [0.05, 0.1) is 30.9 Å². The number of unbranched alkanes of at least 4 members (excludes halogenated alkanes) is 1. The first-order valence-electron chi connectivity index (χ1n) is 12.0. The third kappa shape index (κ3) is 4.12. The Hall–Kier alpha value is -3.22. The lowest BCUT2D eigenvalue weighted by Gasteiger charge is -2.29. The molecule has 1 aliphatic carbocycles. The van der Waals surface area contributed by atoms with Gasteiger partial charge in [0.25, 0.3) is 0 Å². The van der Waals surface area contributed by atoms with E-state index in [4.69, 9.17) is 9.47 Å². The predicted octanol–water partition coefficient (Wildman–Crippen LogP) is 5.30. The number of pyridine rings is 1. The van der Waals surface area contributed by atoms with Crippen molar-refractivity contribution < 1.29 is 9.47 Å². The Kier molecular flexibility index (Phi) is 6.11. The molecule has 1 aliphatic rings. The number of fused-ring (bicyclic) bond motifs is 3. The topological polar surface area (TPSA) is 74.1 Å². The van der Waals surface area contributed by atoms with Crippen LogP contribution in [0, 0.1) is 5.92 Å². The number of imidazole rings is 1. The Balaban J connectivity index is 1.36. The van der Waals surface area contributed by atoms with Crippen LogP contribution < -0.4 is 15.2 Å². The van der Waals surface area contributed by atoms with Crippen molar-refractivity contribution in [3.05, 3.63) is 53.2 Å². The van der Waals surface area contributed by atoms with Crippen LogP contribution >= 0.6 is 0 Å². The fourth-order valence-corrected chi connectivity index (χ4v) is 5.20. The van der Waals surface area contributed by atoms with Crippen molar-refractivity contribution in [2.45, 2.75) is 58.0 Å². The van der Waals surface area contributed by atoms with Crippen molar-refractivity contribution in [3.8, 4) is 11.5 Å². The molecule has 0 spiro atoms. The summed E-state index contributed by atoms with van der Waals surface area (Å²) in [6.45, 7) is 3.55. The third-order valence-corrected chi connectivity index (χ3v) is 7.01. The van der Waals surface area contributed by atoms with E-state index in [1.54, 1.807) is 7.11 Å². The van der Waals surface area contributed by atoms with Gasteiger partial charge in [-0.25, -0.2) is 9.78 Å². The lowest BCUT2D eigenvalue weighted by molar-refractivity contribution is 0.255. The molecular weight excluding hydrogens is 416 g/mol. The van der Waals surface area contributed by atoms with E-state index in [9.17, 15) is 4.79 Å². The second kappa shape index (κ2) is 9.33. The molecule has 1 fully saturated rings. The number of methoxy groups -OCH3 is 1. The Labute approximate surface area is 193 Å². The Morgan fingerprint density at radius 3 is 2.67 bits per heavy atom. The van der Waals surface area contributed by atoms with Crippen LogP contribution in [0.25, 0.3) is 22.1 Å². The van der Waals surface area contributed by atoms with Crippen molar-refractivity contribution >= 4 is 22.1 Å². The van der Waals surface area contributed by atoms with Gasteiger partial charge in [-0.1, -0.05) is 19.8 Å². The van der Waals surface area contributed by atoms with E-state index in [1.165, 1.54) is 19.3 Å². The van der Waals surface area contributed by atoms with Gasteiger partial charge >= 0.3 is 5.69 Å². The summed E-state index contributed by atoms with van der Waals surface area (Å²) < 4.78 is 15.0. The highest BCUT2D eigenvalue weighted by Crippen LogP contribution is 2.36. The van der Waals surface area contributed by atoms with Crippen molar-refractivity contribution in [2.75, 3.05) is 13.7 Å². The molecule has 3 heterocycles. The molecular formula is C26H32N4O3. The Morgan fingerprint density at radius 1 is 1.09 bits per heavy atom. The molecule has 2 atom stereocenters. The first-order chi connectivity index (χ1) is 16.2. The molecule has 7 heteroatoms. The van der Waals surface area contributed by atoms with Crippen LogP contribution in [-0.4, -0.2) is 32.8 Å². The van der Waals surface area contributed by atoms with E-state index in [2.05, 4.69) is 21.5 Å². The van der Waals surface area contributed by atoms with E-state index in [0.29, 0.717) is 19.1 Å². The summed E-state index contributed by atoms with van der Waals surface area (Å²) in [6, 6.07) is 9.90. The molecule has 0 unspecified atom stereocenters. The quantitative estimate of drug-likeness (QED) is 0.371. The average molecular weight is 449 g/mol. The summed E-state index contributed by atoms with van der Waals surface area (Å²) in [7, 11) is 1.65. The lowest BCUT2D eigenvalue weighted by Crippen LogP contribution is -2.32. The highest BCUT2D eigenvalue weighted by Gasteiger charge is 2.28. The van der Waals surface area contributed by atoms with Gasteiger partial charge in [0.1, 0.15) is 17.1 Å². The predicted molar refractivity (Wildman–Crippen MR) is 130 cm³/mol. The van der Waals surface area contributed by atoms with Gasteiger partial charge in [0.2, 0.25) is 0 Å². The highest BCUT2D eigenvalue weighted by atomic mass is 16.5. The first-order valence-corrected chi connectivity index (χ1v) is 12.0. The Bertz CT molecular complexity index is 1280.